The lowest BCUT2D eigenvalue weighted by molar-refractivity contribution is -0.137. The monoisotopic (exact) mass is 490 g/mol. The maximum Gasteiger partial charge on any atom is 0.416 e. The van der Waals surface area contributed by atoms with Gasteiger partial charge in [-0.15, -0.1) is 0 Å². The van der Waals surface area contributed by atoms with Crippen LogP contribution in [0.3, 0.4) is 0 Å². The maximum absolute atomic E-state index is 13.0. The third-order valence-corrected chi connectivity index (χ3v) is 7.01. The minimum atomic E-state index is -4.67. The van der Waals surface area contributed by atoms with Crippen LogP contribution in [0.15, 0.2) is 41.3 Å². The zero-order valence-corrected chi connectivity index (χ0v) is 18.9. The Bertz CT molecular complexity index is 1110. The fourth-order valence-electron chi connectivity index (χ4n) is 3.39. The molecule has 2 aromatic rings. The SMILES string of the molecule is COc1ccc(S(=O)(=O)Nc2cc(C(F)(F)F)ccc2Cl)cc1C(=O)N1CCC(C)CC1. The molecule has 11 heteroatoms. The largest absolute Gasteiger partial charge is 0.496 e. The van der Waals surface area contributed by atoms with Gasteiger partial charge in [-0.3, -0.25) is 9.52 Å². The van der Waals surface area contributed by atoms with Gasteiger partial charge in [0.15, 0.2) is 0 Å². The summed E-state index contributed by atoms with van der Waals surface area (Å²) >= 11 is 5.91. The van der Waals surface area contributed by atoms with Gasteiger partial charge < -0.3 is 9.64 Å². The first-order chi connectivity index (χ1) is 14.9. The average Bonchev–Trinajstić information content (AvgIpc) is 2.74. The molecule has 0 saturated carbocycles. The molecule has 1 saturated heterocycles. The number of piperidine rings is 1. The number of hydrogen-bond acceptors (Lipinski definition) is 4. The molecule has 174 valence electrons. The lowest BCUT2D eigenvalue weighted by Crippen LogP contribution is -2.38. The highest BCUT2D eigenvalue weighted by atomic mass is 35.5. The summed E-state index contributed by atoms with van der Waals surface area (Å²) in [4.78, 5) is 14.3. The molecule has 0 radical (unpaired) electrons. The molecule has 0 aliphatic carbocycles. The fourth-order valence-corrected chi connectivity index (χ4v) is 4.70. The molecule has 1 amide bonds. The highest BCUT2D eigenvalue weighted by Crippen LogP contribution is 2.35. The molecule has 3 rings (SSSR count). The molecule has 0 aromatic heterocycles. The van der Waals surface area contributed by atoms with Crippen LogP contribution in [0.4, 0.5) is 18.9 Å². The molecule has 1 aliphatic rings. The Morgan fingerprint density at radius 2 is 1.81 bits per heavy atom. The molecule has 1 fully saturated rings. The van der Waals surface area contributed by atoms with E-state index in [-0.39, 0.29) is 27.1 Å². The van der Waals surface area contributed by atoms with Gasteiger partial charge in [0, 0.05) is 13.1 Å². The van der Waals surface area contributed by atoms with Crippen molar-refractivity contribution in [2.24, 2.45) is 5.92 Å². The van der Waals surface area contributed by atoms with E-state index in [0.29, 0.717) is 25.1 Å². The number of sulfonamides is 1. The summed E-state index contributed by atoms with van der Waals surface area (Å²) in [6, 6.07) is 6.03. The Hall–Kier alpha value is -2.46. The van der Waals surface area contributed by atoms with Gasteiger partial charge in [0.1, 0.15) is 5.75 Å². The van der Waals surface area contributed by atoms with E-state index in [1.807, 2.05) is 0 Å². The van der Waals surface area contributed by atoms with Crippen LogP contribution < -0.4 is 9.46 Å². The first-order valence-electron chi connectivity index (χ1n) is 9.79. The Morgan fingerprint density at radius 3 is 2.41 bits per heavy atom. The van der Waals surface area contributed by atoms with Crippen LogP contribution >= 0.6 is 11.6 Å². The highest BCUT2D eigenvalue weighted by molar-refractivity contribution is 7.92. The number of nitrogens with one attached hydrogen (secondary N) is 1. The minimum Gasteiger partial charge on any atom is -0.496 e. The zero-order chi connectivity index (χ0) is 23.7. The van der Waals surface area contributed by atoms with Crippen molar-refractivity contribution in [3.05, 3.63) is 52.5 Å². The molecule has 1 aliphatic heterocycles. The molecular formula is C21H22ClF3N2O4S. The molecule has 0 unspecified atom stereocenters. The second-order valence-corrected chi connectivity index (χ2v) is 9.72. The Balaban J connectivity index is 1.94. The van der Waals surface area contributed by atoms with Crippen LogP contribution in [0.5, 0.6) is 5.75 Å². The van der Waals surface area contributed by atoms with Crippen molar-refractivity contribution < 1.29 is 31.1 Å². The number of carbonyl (C=O) groups is 1. The van der Waals surface area contributed by atoms with Crippen molar-refractivity contribution in [2.75, 3.05) is 24.9 Å². The van der Waals surface area contributed by atoms with E-state index in [0.717, 1.165) is 31.0 Å². The van der Waals surface area contributed by atoms with Crippen molar-refractivity contribution in [3.63, 3.8) is 0 Å². The second-order valence-electron chi connectivity index (χ2n) is 7.63. The maximum atomic E-state index is 13.0. The van der Waals surface area contributed by atoms with E-state index < -0.39 is 27.5 Å². The molecule has 0 spiro atoms. The second kappa shape index (κ2) is 9.19. The first-order valence-corrected chi connectivity index (χ1v) is 11.7. The van der Waals surface area contributed by atoms with E-state index in [9.17, 15) is 26.4 Å². The number of likely N-dealkylation sites (tertiary alicyclic amines) is 1. The zero-order valence-electron chi connectivity index (χ0n) is 17.4. The topological polar surface area (TPSA) is 75.7 Å². The van der Waals surface area contributed by atoms with Gasteiger partial charge in [-0.25, -0.2) is 8.42 Å². The van der Waals surface area contributed by atoms with Crippen LogP contribution in [-0.2, 0) is 16.2 Å². The third kappa shape index (κ3) is 5.29. The van der Waals surface area contributed by atoms with Gasteiger partial charge in [-0.1, -0.05) is 18.5 Å². The average molecular weight is 491 g/mol. The normalized spacial score (nSPS) is 15.5. The number of carbonyl (C=O) groups excluding carboxylic acids is 1. The number of hydrogen-bond donors (Lipinski definition) is 1. The standard InChI is InChI=1S/C21H22ClF3N2O4S/c1-13-7-9-27(10-8-13)20(28)16-12-15(4-6-19(16)31-2)32(29,30)26-18-11-14(21(23,24)25)3-5-17(18)22/h3-6,11-13,26H,7-10H2,1-2H3. The number of methoxy groups -OCH3 is 1. The molecule has 1 N–H and O–H groups in total. The van der Waals surface area contributed by atoms with Gasteiger partial charge in [0.05, 0.1) is 33.8 Å². The molecular weight excluding hydrogens is 469 g/mol. The molecule has 6 nitrogen and oxygen atoms in total. The molecule has 0 bridgehead atoms. The summed E-state index contributed by atoms with van der Waals surface area (Å²) in [7, 11) is -2.99. The van der Waals surface area contributed by atoms with E-state index >= 15 is 0 Å². The molecule has 1 heterocycles. The van der Waals surface area contributed by atoms with E-state index in [1.165, 1.54) is 19.2 Å². The summed E-state index contributed by atoms with van der Waals surface area (Å²) in [6.07, 6.45) is -3.00. The van der Waals surface area contributed by atoms with E-state index in [2.05, 4.69) is 11.6 Å². The number of amides is 1. The van der Waals surface area contributed by atoms with Crippen LogP contribution in [0.1, 0.15) is 35.7 Å². The predicted octanol–water partition coefficient (Wildman–Crippen LogP) is 5.04. The van der Waals surface area contributed by atoms with E-state index in [4.69, 9.17) is 16.3 Å². The lowest BCUT2D eigenvalue weighted by atomic mass is 9.98. The van der Waals surface area contributed by atoms with Crippen molar-refractivity contribution in [1.29, 1.82) is 0 Å². The Morgan fingerprint density at radius 1 is 1.16 bits per heavy atom. The number of alkyl halides is 3. The van der Waals surface area contributed by atoms with Crippen LogP contribution in [0.25, 0.3) is 0 Å². The number of benzene rings is 2. The molecule has 32 heavy (non-hydrogen) atoms. The highest BCUT2D eigenvalue weighted by Gasteiger charge is 2.32. The summed E-state index contributed by atoms with van der Waals surface area (Å²) in [5, 5.41) is -0.200. The van der Waals surface area contributed by atoms with Crippen LogP contribution in [0, 0.1) is 5.92 Å². The summed E-state index contributed by atoms with van der Waals surface area (Å²) in [6.45, 7) is 3.18. The van der Waals surface area contributed by atoms with Gasteiger partial charge >= 0.3 is 6.18 Å². The van der Waals surface area contributed by atoms with E-state index in [1.54, 1.807) is 4.90 Å². The quantitative estimate of drug-likeness (QED) is 0.637. The van der Waals surface area contributed by atoms with Crippen LogP contribution in [-0.4, -0.2) is 39.4 Å². The number of anilines is 1. The van der Waals surface area contributed by atoms with Crippen LogP contribution in [0.2, 0.25) is 5.02 Å². The van der Waals surface area contributed by atoms with Gasteiger partial charge in [-0.05, 0) is 55.2 Å². The fraction of sp³-hybridized carbons (Fsp3) is 0.381. The number of halogens is 4. The lowest BCUT2D eigenvalue weighted by Gasteiger charge is -2.30. The Kier molecular flexibility index (Phi) is 6.94. The molecule has 2 aromatic carbocycles. The van der Waals surface area contributed by atoms with Gasteiger partial charge in [0.25, 0.3) is 15.9 Å². The summed E-state index contributed by atoms with van der Waals surface area (Å²) < 4.78 is 72.1. The number of rotatable bonds is 5. The van der Waals surface area contributed by atoms with Gasteiger partial charge in [-0.2, -0.15) is 13.2 Å². The summed E-state index contributed by atoms with van der Waals surface area (Å²) in [5.74, 6) is 0.321. The molecule has 0 atom stereocenters. The third-order valence-electron chi connectivity index (χ3n) is 5.32. The van der Waals surface area contributed by atoms with Crippen molar-refractivity contribution in [3.8, 4) is 5.75 Å². The summed E-state index contributed by atoms with van der Waals surface area (Å²) in [5.41, 5.74) is -1.42. The van der Waals surface area contributed by atoms with Gasteiger partial charge in [0.2, 0.25) is 0 Å². The smallest absolute Gasteiger partial charge is 0.416 e. The van der Waals surface area contributed by atoms with Crippen molar-refractivity contribution in [2.45, 2.75) is 30.8 Å². The predicted molar refractivity (Wildman–Crippen MR) is 115 cm³/mol. The minimum absolute atomic E-state index is 0.0556. The first kappa shape index (κ1) is 24.2. The van der Waals surface area contributed by atoms with Crippen molar-refractivity contribution >= 4 is 33.2 Å². The number of ether oxygens (including phenoxy) is 1. The Labute approximate surface area is 189 Å². The van der Waals surface area contributed by atoms with Crippen molar-refractivity contribution in [1.82, 2.24) is 4.90 Å². The number of nitrogens with zero attached hydrogens (tertiary/aromatic N) is 1.